The Morgan fingerprint density at radius 3 is 2.42 bits per heavy atom. The number of thiazole rings is 1. The lowest BCUT2D eigenvalue weighted by molar-refractivity contribution is -0.134. The molecule has 0 aliphatic rings. The van der Waals surface area contributed by atoms with Crippen molar-refractivity contribution in [2.75, 3.05) is 12.4 Å². The first kappa shape index (κ1) is 18.4. The van der Waals surface area contributed by atoms with Gasteiger partial charge in [-0.1, -0.05) is 17.4 Å². The predicted molar refractivity (Wildman–Crippen MR) is 87.9 cm³/mol. The molecule has 0 aliphatic carbocycles. The normalized spacial score (nSPS) is 13.0. The van der Waals surface area contributed by atoms with Gasteiger partial charge in [0.05, 0.1) is 25.5 Å². The first-order valence-corrected chi connectivity index (χ1v) is 8.16. The van der Waals surface area contributed by atoms with Crippen LogP contribution in [0.25, 0.3) is 0 Å². The van der Waals surface area contributed by atoms with Gasteiger partial charge in [-0.2, -0.15) is 13.2 Å². The summed E-state index contributed by atoms with van der Waals surface area (Å²) in [5.41, 5.74) is 0.853. The van der Waals surface area contributed by atoms with E-state index in [4.69, 9.17) is 9.47 Å². The number of hydrogen-bond donors (Lipinski definition) is 1. The van der Waals surface area contributed by atoms with Gasteiger partial charge in [-0.05, 0) is 38.5 Å². The Hall–Kier alpha value is -1.96. The Bertz CT molecular complexity index is 686. The van der Waals surface area contributed by atoms with E-state index in [1.807, 2.05) is 26.8 Å². The highest BCUT2D eigenvalue weighted by molar-refractivity contribution is 7.15. The molecule has 2 aromatic rings. The van der Waals surface area contributed by atoms with Crippen LogP contribution >= 0.6 is 11.3 Å². The molecule has 1 aromatic heterocycles. The molecule has 132 valence electrons. The first-order chi connectivity index (χ1) is 11.2. The summed E-state index contributed by atoms with van der Waals surface area (Å²) in [6.45, 7) is 5.67. The zero-order valence-electron chi connectivity index (χ0n) is 13.8. The number of ether oxygens (including phenoxy) is 2. The predicted octanol–water partition coefficient (Wildman–Crippen LogP) is 5.13. The number of rotatable bonds is 6. The van der Waals surface area contributed by atoms with Gasteiger partial charge in [-0.3, -0.25) is 0 Å². The summed E-state index contributed by atoms with van der Waals surface area (Å²) >= 11 is 0.581. The number of nitrogens with zero attached hydrogens (tertiary/aromatic N) is 1. The molecule has 0 bridgehead atoms. The summed E-state index contributed by atoms with van der Waals surface area (Å²) in [5.74, 6) is 1.20. The number of hydrogen-bond acceptors (Lipinski definition) is 5. The van der Waals surface area contributed by atoms with Crippen molar-refractivity contribution < 1.29 is 22.6 Å². The van der Waals surface area contributed by atoms with Crippen molar-refractivity contribution in [3.05, 3.63) is 34.8 Å². The van der Waals surface area contributed by atoms with Crippen LogP contribution in [0.1, 0.15) is 37.3 Å². The minimum Gasteiger partial charge on any atom is -0.493 e. The standard InChI is InChI=1S/C16H19F3N2O2S/c1-9(2)23-12-6-5-11(7-13(12)22-4)10(3)21-15-20-8-14(24-15)16(17,18)19/h5-10H,1-4H3,(H,20,21). The Labute approximate surface area is 142 Å². The van der Waals surface area contributed by atoms with E-state index in [-0.39, 0.29) is 17.3 Å². The molecule has 0 aliphatic heterocycles. The van der Waals surface area contributed by atoms with Crippen LogP contribution in [-0.4, -0.2) is 18.2 Å². The highest BCUT2D eigenvalue weighted by atomic mass is 32.1. The van der Waals surface area contributed by atoms with Crippen LogP contribution in [0.5, 0.6) is 11.5 Å². The molecule has 1 N–H and O–H groups in total. The van der Waals surface area contributed by atoms with Crippen molar-refractivity contribution in [3.63, 3.8) is 0 Å². The monoisotopic (exact) mass is 360 g/mol. The third kappa shape index (κ3) is 4.53. The molecule has 0 saturated heterocycles. The second-order valence-corrected chi connectivity index (χ2v) is 6.50. The molecular weight excluding hydrogens is 341 g/mol. The smallest absolute Gasteiger partial charge is 0.427 e. The van der Waals surface area contributed by atoms with Crippen molar-refractivity contribution in [1.82, 2.24) is 4.98 Å². The molecule has 0 saturated carbocycles. The molecule has 8 heteroatoms. The average Bonchev–Trinajstić information content (AvgIpc) is 2.95. The molecule has 2 rings (SSSR count). The van der Waals surface area contributed by atoms with Crippen LogP contribution < -0.4 is 14.8 Å². The van der Waals surface area contributed by atoms with Crippen molar-refractivity contribution in [2.45, 2.75) is 39.1 Å². The lowest BCUT2D eigenvalue weighted by Crippen LogP contribution is -2.09. The average molecular weight is 360 g/mol. The number of nitrogens with one attached hydrogen (secondary N) is 1. The van der Waals surface area contributed by atoms with E-state index in [1.54, 1.807) is 19.2 Å². The van der Waals surface area contributed by atoms with Crippen molar-refractivity contribution in [2.24, 2.45) is 0 Å². The van der Waals surface area contributed by atoms with Gasteiger partial charge in [-0.25, -0.2) is 4.98 Å². The fourth-order valence-electron chi connectivity index (χ4n) is 2.05. The lowest BCUT2D eigenvalue weighted by Gasteiger charge is -2.18. The zero-order chi connectivity index (χ0) is 17.9. The molecule has 4 nitrogen and oxygen atoms in total. The van der Waals surface area contributed by atoms with Crippen LogP contribution in [-0.2, 0) is 6.18 Å². The van der Waals surface area contributed by atoms with Gasteiger partial charge in [0.15, 0.2) is 16.6 Å². The number of alkyl halides is 3. The van der Waals surface area contributed by atoms with Gasteiger partial charge in [0, 0.05) is 0 Å². The molecular formula is C16H19F3N2O2S. The number of benzene rings is 1. The summed E-state index contributed by atoms with van der Waals surface area (Å²) in [5, 5.41) is 3.19. The SMILES string of the molecule is COc1cc(C(C)Nc2ncc(C(F)(F)F)s2)ccc1OC(C)C. The van der Waals surface area contributed by atoms with Gasteiger partial charge in [0.25, 0.3) is 0 Å². The van der Waals surface area contributed by atoms with E-state index in [0.717, 1.165) is 11.8 Å². The zero-order valence-corrected chi connectivity index (χ0v) is 14.6. The molecule has 0 fully saturated rings. The second kappa shape index (κ2) is 7.29. The maximum atomic E-state index is 12.6. The third-order valence-corrected chi connectivity index (χ3v) is 4.15. The maximum absolute atomic E-state index is 12.6. The second-order valence-electron chi connectivity index (χ2n) is 5.47. The third-order valence-electron chi connectivity index (χ3n) is 3.18. The van der Waals surface area contributed by atoms with Gasteiger partial charge in [-0.15, -0.1) is 0 Å². The summed E-state index contributed by atoms with van der Waals surface area (Å²) in [7, 11) is 1.54. The van der Waals surface area contributed by atoms with Gasteiger partial charge in [0.1, 0.15) is 4.88 Å². The van der Waals surface area contributed by atoms with Crippen molar-refractivity contribution in [3.8, 4) is 11.5 Å². The maximum Gasteiger partial charge on any atom is 0.427 e. The summed E-state index contributed by atoms with van der Waals surface area (Å²) in [6.07, 6.45) is -3.53. The number of halogens is 3. The van der Waals surface area contributed by atoms with Crippen LogP contribution in [0.15, 0.2) is 24.4 Å². The van der Waals surface area contributed by atoms with E-state index >= 15 is 0 Å². The highest BCUT2D eigenvalue weighted by Crippen LogP contribution is 2.37. The fourth-order valence-corrected chi connectivity index (χ4v) is 2.82. The number of methoxy groups -OCH3 is 1. The Balaban J connectivity index is 2.14. The Morgan fingerprint density at radius 1 is 1.17 bits per heavy atom. The summed E-state index contributed by atoms with van der Waals surface area (Å²) in [6, 6.07) is 5.19. The highest BCUT2D eigenvalue weighted by Gasteiger charge is 2.33. The van der Waals surface area contributed by atoms with E-state index in [0.29, 0.717) is 22.8 Å². The number of aromatic nitrogens is 1. The van der Waals surface area contributed by atoms with Crippen LogP contribution in [0.4, 0.5) is 18.3 Å². The Kier molecular flexibility index (Phi) is 5.58. The minimum atomic E-state index is -4.38. The molecule has 1 unspecified atom stereocenters. The first-order valence-electron chi connectivity index (χ1n) is 7.35. The molecule has 0 spiro atoms. The van der Waals surface area contributed by atoms with Crippen LogP contribution in [0, 0.1) is 0 Å². The Morgan fingerprint density at radius 2 is 1.88 bits per heavy atom. The van der Waals surface area contributed by atoms with E-state index < -0.39 is 11.1 Å². The number of anilines is 1. The topological polar surface area (TPSA) is 43.4 Å². The molecule has 1 heterocycles. The molecule has 0 amide bonds. The summed E-state index contributed by atoms with van der Waals surface area (Å²) < 4.78 is 48.8. The van der Waals surface area contributed by atoms with Gasteiger partial charge < -0.3 is 14.8 Å². The lowest BCUT2D eigenvalue weighted by atomic mass is 10.1. The van der Waals surface area contributed by atoms with Gasteiger partial charge in [0.2, 0.25) is 0 Å². The van der Waals surface area contributed by atoms with E-state index in [1.165, 1.54) is 0 Å². The van der Waals surface area contributed by atoms with Crippen LogP contribution in [0.2, 0.25) is 0 Å². The molecule has 0 radical (unpaired) electrons. The molecule has 1 aromatic carbocycles. The molecule has 1 atom stereocenters. The van der Waals surface area contributed by atoms with E-state index in [2.05, 4.69) is 10.3 Å². The molecule has 24 heavy (non-hydrogen) atoms. The minimum absolute atomic E-state index is 0.0106. The van der Waals surface area contributed by atoms with Gasteiger partial charge >= 0.3 is 6.18 Å². The van der Waals surface area contributed by atoms with E-state index in [9.17, 15) is 13.2 Å². The summed E-state index contributed by atoms with van der Waals surface area (Å²) in [4.78, 5) is 3.05. The van der Waals surface area contributed by atoms with Crippen molar-refractivity contribution >= 4 is 16.5 Å². The van der Waals surface area contributed by atoms with Crippen LogP contribution in [0.3, 0.4) is 0 Å². The largest absolute Gasteiger partial charge is 0.493 e. The quantitative estimate of drug-likeness (QED) is 0.775. The fraction of sp³-hybridized carbons (Fsp3) is 0.438. The van der Waals surface area contributed by atoms with Crippen molar-refractivity contribution in [1.29, 1.82) is 0 Å².